The molecule has 0 saturated carbocycles. The summed E-state index contributed by atoms with van der Waals surface area (Å²) in [4.78, 5) is 0. The Bertz CT molecular complexity index is 437. The Kier molecular flexibility index (Phi) is 3.24. The Balaban J connectivity index is 2.57. The molecule has 84 valence electrons. The van der Waals surface area contributed by atoms with E-state index in [1.807, 2.05) is 24.3 Å². The topological polar surface area (TPSA) is 58.9 Å². The summed E-state index contributed by atoms with van der Waals surface area (Å²) >= 11 is 0. The number of ether oxygens (including phenoxy) is 2. The fourth-order valence-electron chi connectivity index (χ4n) is 1.63. The van der Waals surface area contributed by atoms with E-state index in [2.05, 4.69) is 0 Å². The number of aliphatic hydroxyl groups is 2. The van der Waals surface area contributed by atoms with Crippen molar-refractivity contribution in [1.82, 2.24) is 0 Å². The molecule has 0 aliphatic carbocycles. The van der Waals surface area contributed by atoms with Crippen LogP contribution in [0.15, 0.2) is 36.4 Å². The van der Waals surface area contributed by atoms with Gasteiger partial charge in [0.25, 0.3) is 0 Å². The third-order valence-electron chi connectivity index (χ3n) is 2.28. The second kappa shape index (κ2) is 4.83. The van der Waals surface area contributed by atoms with Crippen LogP contribution in [0.5, 0.6) is 11.5 Å². The van der Waals surface area contributed by atoms with E-state index in [0.717, 1.165) is 10.8 Å². The van der Waals surface area contributed by atoms with Crippen LogP contribution in [0, 0.1) is 0 Å². The third-order valence-corrected chi connectivity index (χ3v) is 2.28. The monoisotopic (exact) mass is 220 g/mol. The summed E-state index contributed by atoms with van der Waals surface area (Å²) < 4.78 is 10.2. The summed E-state index contributed by atoms with van der Waals surface area (Å²) in [5, 5.41) is 19.2. The van der Waals surface area contributed by atoms with Gasteiger partial charge < -0.3 is 19.7 Å². The van der Waals surface area contributed by atoms with E-state index in [1.54, 1.807) is 12.1 Å². The van der Waals surface area contributed by atoms with E-state index in [9.17, 15) is 0 Å². The molecule has 0 aliphatic heterocycles. The molecule has 0 atom stereocenters. The minimum Gasteiger partial charge on any atom is -0.467 e. The molecular formula is C12H12O4. The van der Waals surface area contributed by atoms with Crippen molar-refractivity contribution in [3.8, 4) is 11.5 Å². The minimum atomic E-state index is -0.371. The maximum absolute atomic E-state index is 8.76. The number of rotatable bonds is 4. The Morgan fingerprint density at radius 2 is 1.19 bits per heavy atom. The van der Waals surface area contributed by atoms with Crippen molar-refractivity contribution in [3.63, 3.8) is 0 Å². The van der Waals surface area contributed by atoms with Gasteiger partial charge in [0.1, 0.15) is 11.5 Å². The fourth-order valence-corrected chi connectivity index (χ4v) is 1.63. The van der Waals surface area contributed by atoms with Gasteiger partial charge in [-0.15, -0.1) is 0 Å². The largest absolute Gasteiger partial charge is 0.467 e. The molecule has 0 amide bonds. The highest BCUT2D eigenvalue weighted by Gasteiger charge is 2.06. The predicted molar refractivity (Wildman–Crippen MR) is 59.4 cm³/mol. The molecule has 2 aromatic rings. The van der Waals surface area contributed by atoms with E-state index in [0.29, 0.717) is 11.5 Å². The average Bonchev–Trinajstić information content (AvgIpc) is 2.33. The molecule has 0 aliphatic rings. The molecule has 0 fully saturated rings. The van der Waals surface area contributed by atoms with Gasteiger partial charge >= 0.3 is 0 Å². The van der Waals surface area contributed by atoms with Crippen LogP contribution in [-0.2, 0) is 0 Å². The smallest absolute Gasteiger partial charge is 0.186 e. The second-order valence-electron chi connectivity index (χ2n) is 3.15. The molecule has 0 radical (unpaired) electrons. The van der Waals surface area contributed by atoms with Crippen LogP contribution in [0.1, 0.15) is 0 Å². The van der Waals surface area contributed by atoms with Crippen molar-refractivity contribution in [3.05, 3.63) is 36.4 Å². The van der Waals surface area contributed by atoms with Gasteiger partial charge in [0.05, 0.1) is 0 Å². The van der Waals surface area contributed by atoms with Crippen LogP contribution in [0.4, 0.5) is 0 Å². The first-order valence-corrected chi connectivity index (χ1v) is 4.86. The normalized spacial score (nSPS) is 10.4. The molecule has 0 saturated heterocycles. The molecule has 2 aromatic carbocycles. The maximum atomic E-state index is 8.76. The summed E-state index contributed by atoms with van der Waals surface area (Å²) in [5.41, 5.74) is 0. The van der Waals surface area contributed by atoms with Crippen molar-refractivity contribution in [1.29, 1.82) is 0 Å². The van der Waals surface area contributed by atoms with Gasteiger partial charge in [-0.25, -0.2) is 0 Å². The van der Waals surface area contributed by atoms with Gasteiger partial charge in [0.2, 0.25) is 0 Å². The third kappa shape index (κ3) is 1.93. The van der Waals surface area contributed by atoms with Crippen LogP contribution in [0.3, 0.4) is 0 Å². The Labute approximate surface area is 92.7 Å². The Morgan fingerprint density at radius 1 is 0.750 bits per heavy atom. The van der Waals surface area contributed by atoms with Gasteiger partial charge in [0, 0.05) is 10.8 Å². The standard InChI is InChI=1S/C12H12O4/c13-7-15-11-5-6-12(16-8-14)10-4-2-1-3-9(10)11/h1-6,13-14H,7-8H2. The van der Waals surface area contributed by atoms with E-state index in [1.165, 1.54) is 0 Å². The number of hydrogen-bond donors (Lipinski definition) is 2. The fraction of sp³-hybridized carbons (Fsp3) is 0.167. The van der Waals surface area contributed by atoms with E-state index < -0.39 is 0 Å². The van der Waals surface area contributed by atoms with Gasteiger partial charge in [-0.05, 0) is 12.1 Å². The quantitative estimate of drug-likeness (QED) is 0.766. The van der Waals surface area contributed by atoms with Crippen molar-refractivity contribution in [2.75, 3.05) is 13.6 Å². The summed E-state index contributed by atoms with van der Waals surface area (Å²) in [5.74, 6) is 1.17. The van der Waals surface area contributed by atoms with Gasteiger partial charge in [-0.3, -0.25) is 0 Å². The van der Waals surface area contributed by atoms with Gasteiger partial charge in [-0.1, -0.05) is 24.3 Å². The lowest BCUT2D eigenvalue weighted by Gasteiger charge is -2.10. The van der Waals surface area contributed by atoms with E-state index in [4.69, 9.17) is 19.7 Å². The van der Waals surface area contributed by atoms with Crippen LogP contribution in [0.25, 0.3) is 10.8 Å². The second-order valence-corrected chi connectivity index (χ2v) is 3.15. The molecule has 16 heavy (non-hydrogen) atoms. The van der Waals surface area contributed by atoms with Crippen molar-refractivity contribution in [2.24, 2.45) is 0 Å². The minimum absolute atomic E-state index is 0.371. The molecule has 0 heterocycles. The van der Waals surface area contributed by atoms with Crippen LogP contribution in [-0.4, -0.2) is 23.8 Å². The van der Waals surface area contributed by atoms with E-state index >= 15 is 0 Å². The summed E-state index contributed by atoms with van der Waals surface area (Å²) in [7, 11) is 0. The first kappa shape index (κ1) is 10.7. The molecule has 0 aromatic heterocycles. The molecule has 0 unspecified atom stereocenters. The van der Waals surface area contributed by atoms with Crippen LogP contribution in [0.2, 0.25) is 0 Å². The average molecular weight is 220 g/mol. The maximum Gasteiger partial charge on any atom is 0.186 e. The first-order chi connectivity index (χ1) is 7.86. The lowest BCUT2D eigenvalue weighted by molar-refractivity contribution is 0.0968. The zero-order valence-corrected chi connectivity index (χ0v) is 8.59. The molecule has 4 nitrogen and oxygen atoms in total. The molecule has 0 bridgehead atoms. The molecule has 4 heteroatoms. The van der Waals surface area contributed by atoms with Crippen LogP contribution < -0.4 is 9.47 Å². The van der Waals surface area contributed by atoms with Crippen molar-refractivity contribution in [2.45, 2.75) is 0 Å². The highest BCUT2D eigenvalue weighted by molar-refractivity contribution is 5.93. The molecule has 0 spiro atoms. The van der Waals surface area contributed by atoms with Gasteiger partial charge in [-0.2, -0.15) is 0 Å². The number of benzene rings is 2. The van der Waals surface area contributed by atoms with Crippen molar-refractivity contribution < 1.29 is 19.7 Å². The number of aliphatic hydroxyl groups excluding tert-OH is 2. The Morgan fingerprint density at radius 3 is 1.56 bits per heavy atom. The SMILES string of the molecule is OCOc1ccc(OCO)c2ccccc12. The number of fused-ring (bicyclic) bond motifs is 1. The van der Waals surface area contributed by atoms with E-state index in [-0.39, 0.29) is 13.6 Å². The van der Waals surface area contributed by atoms with Crippen LogP contribution >= 0.6 is 0 Å². The predicted octanol–water partition coefficient (Wildman–Crippen LogP) is 1.50. The zero-order chi connectivity index (χ0) is 11.4. The lowest BCUT2D eigenvalue weighted by atomic mass is 10.1. The van der Waals surface area contributed by atoms with Crippen molar-refractivity contribution >= 4 is 10.8 Å². The lowest BCUT2D eigenvalue weighted by Crippen LogP contribution is -1.98. The highest BCUT2D eigenvalue weighted by Crippen LogP contribution is 2.32. The molecular weight excluding hydrogens is 208 g/mol. The van der Waals surface area contributed by atoms with Gasteiger partial charge in [0.15, 0.2) is 13.6 Å². The molecule has 2 rings (SSSR count). The summed E-state index contributed by atoms with van der Waals surface area (Å²) in [6.45, 7) is -0.742. The Hall–Kier alpha value is -1.78. The first-order valence-electron chi connectivity index (χ1n) is 4.86. The summed E-state index contributed by atoms with van der Waals surface area (Å²) in [6, 6.07) is 10.9. The highest BCUT2D eigenvalue weighted by atomic mass is 16.6. The summed E-state index contributed by atoms with van der Waals surface area (Å²) in [6.07, 6.45) is 0. The zero-order valence-electron chi connectivity index (χ0n) is 8.59. The number of hydrogen-bond acceptors (Lipinski definition) is 4. The molecule has 2 N–H and O–H groups in total.